The second-order valence-corrected chi connectivity index (χ2v) is 3.11. The van der Waals surface area contributed by atoms with E-state index in [1.54, 1.807) is 6.07 Å². The van der Waals surface area contributed by atoms with Gasteiger partial charge >= 0.3 is 0 Å². The van der Waals surface area contributed by atoms with Crippen molar-refractivity contribution in [1.82, 2.24) is 5.32 Å². The van der Waals surface area contributed by atoms with Crippen LogP contribution < -0.4 is 5.32 Å². The fourth-order valence-corrected chi connectivity index (χ4v) is 1.20. The zero-order valence-electron chi connectivity index (χ0n) is 8.09. The van der Waals surface area contributed by atoms with E-state index < -0.39 is 0 Å². The maximum Gasteiger partial charge on any atom is 0.123 e. The predicted molar refractivity (Wildman–Crippen MR) is 56.2 cm³/mol. The SMILES string of the molecule is C#CCCCNCc1cccc(F)c1. The summed E-state index contributed by atoms with van der Waals surface area (Å²) in [5.74, 6) is 2.39. The lowest BCUT2D eigenvalue weighted by atomic mass is 10.2. The molecule has 1 rings (SSSR count). The molecule has 1 aromatic carbocycles. The standard InChI is InChI=1S/C12H14FN/c1-2-3-4-8-14-10-11-6-5-7-12(13)9-11/h1,5-7,9,14H,3-4,8,10H2. The van der Waals surface area contributed by atoms with Crippen LogP contribution in [0, 0.1) is 18.2 Å². The van der Waals surface area contributed by atoms with Gasteiger partial charge in [0.05, 0.1) is 0 Å². The molecule has 2 heteroatoms. The molecule has 1 aromatic rings. The number of unbranched alkanes of at least 4 members (excludes halogenated alkanes) is 1. The fraction of sp³-hybridized carbons (Fsp3) is 0.333. The van der Waals surface area contributed by atoms with Crippen LogP contribution in [0.15, 0.2) is 24.3 Å². The number of hydrogen-bond donors (Lipinski definition) is 1. The van der Waals surface area contributed by atoms with E-state index in [1.807, 2.05) is 6.07 Å². The summed E-state index contributed by atoms with van der Waals surface area (Å²) in [5, 5.41) is 3.20. The molecule has 0 fully saturated rings. The molecule has 1 nitrogen and oxygen atoms in total. The van der Waals surface area contributed by atoms with Crippen molar-refractivity contribution in [2.75, 3.05) is 6.54 Å². The average molecular weight is 191 g/mol. The Hall–Kier alpha value is -1.33. The summed E-state index contributed by atoms with van der Waals surface area (Å²) in [6, 6.07) is 6.60. The molecule has 74 valence electrons. The fourth-order valence-electron chi connectivity index (χ4n) is 1.20. The van der Waals surface area contributed by atoms with Crippen molar-refractivity contribution < 1.29 is 4.39 Å². The molecular weight excluding hydrogens is 177 g/mol. The van der Waals surface area contributed by atoms with E-state index in [0.717, 1.165) is 24.9 Å². The van der Waals surface area contributed by atoms with Gasteiger partial charge in [-0.05, 0) is 30.7 Å². The van der Waals surface area contributed by atoms with Gasteiger partial charge in [-0.2, -0.15) is 0 Å². The van der Waals surface area contributed by atoms with E-state index >= 15 is 0 Å². The molecule has 14 heavy (non-hydrogen) atoms. The summed E-state index contributed by atoms with van der Waals surface area (Å²) in [6.45, 7) is 1.57. The molecule has 0 aliphatic heterocycles. The Morgan fingerprint density at radius 3 is 3.00 bits per heavy atom. The van der Waals surface area contributed by atoms with E-state index in [0.29, 0.717) is 6.54 Å². The first-order valence-corrected chi connectivity index (χ1v) is 4.71. The highest BCUT2D eigenvalue weighted by molar-refractivity contribution is 5.15. The van der Waals surface area contributed by atoms with Crippen molar-refractivity contribution >= 4 is 0 Å². The Morgan fingerprint density at radius 1 is 1.43 bits per heavy atom. The molecule has 0 aliphatic rings. The van der Waals surface area contributed by atoms with Gasteiger partial charge in [0.25, 0.3) is 0 Å². The van der Waals surface area contributed by atoms with Crippen molar-refractivity contribution in [3.8, 4) is 12.3 Å². The van der Waals surface area contributed by atoms with Gasteiger partial charge in [-0.3, -0.25) is 0 Å². The molecule has 0 spiro atoms. The van der Waals surface area contributed by atoms with Gasteiger partial charge in [-0.15, -0.1) is 12.3 Å². The Labute approximate surface area is 84.3 Å². The first-order chi connectivity index (χ1) is 6.83. The number of benzene rings is 1. The molecule has 0 bridgehead atoms. The minimum Gasteiger partial charge on any atom is -0.313 e. The van der Waals surface area contributed by atoms with Gasteiger partial charge in [0.1, 0.15) is 5.82 Å². The molecular formula is C12H14FN. The highest BCUT2D eigenvalue weighted by Gasteiger charge is 1.93. The highest BCUT2D eigenvalue weighted by atomic mass is 19.1. The van der Waals surface area contributed by atoms with Gasteiger partial charge < -0.3 is 5.32 Å². The number of halogens is 1. The Morgan fingerprint density at radius 2 is 2.29 bits per heavy atom. The molecule has 0 aliphatic carbocycles. The number of rotatable bonds is 5. The maximum absolute atomic E-state index is 12.7. The first kappa shape index (κ1) is 10.7. The Kier molecular flexibility index (Phi) is 4.74. The molecule has 0 heterocycles. The largest absolute Gasteiger partial charge is 0.313 e. The lowest BCUT2D eigenvalue weighted by Crippen LogP contribution is -2.14. The molecule has 0 aromatic heterocycles. The minimum atomic E-state index is -0.187. The van der Waals surface area contributed by atoms with E-state index in [2.05, 4.69) is 11.2 Å². The van der Waals surface area contributed by atoms with Crippen LogP contribution in [0.5, 0.6) is 0 Å². The van der Waals surface area contributed by atoms with Crippen molar-refractivity contribution in [3.63, 3.8) is 0 Å². The van der Waals surface area contributed by atoms with Crippen LogP contribution in [0.4, 0.5) is 4.39 Å². The lowest BCUT2D eigenvalue weighted by Gasteiger charge is -2.03. The van der Waals surface area contributed by atoms with Crippen molar-refractivity contribution in [3.05, 3.63) is 35.6 Å². The lowest BCUT2D eigenvalue weighted by molar-refractivity contribution is 0.617. The van der Waals surface area contributed by atoms with E-state index in [1.165, 1.54) is 12.1 Å². The predicted octanol–water partition coefficient (Wildman–Crippen LogP) is 2.33. The molecule has 0 saturated heterocycles. The minimum absolute atomic E-state index is 0.187. The summed E-state index contributed by atoms with van der Waals surface area (Å²) in [4.78, 5) is 0. The second kappa shape index (κ2) is 6.17. The topological polar surface area (TPSA) is 12.0 Å². The number of terminal acetylenes is 1. The third-order valence-electron chi connectivity index (χ3n) is 1.89. The van der Waals surface area contributed by atoms with Crippen molar-refractivity contribution in [2.24, 2.45) is 0 Å². The average Bonchev–Trinajstić information content (AvgIpc) is 2.18. The zero-order valence-corrected chi connectivity index (χ0v) is 8.09. The van der Waals surface area contributed by atoms with Crippen LogP contribution in [0.25, 0.3) is 0 Å². The molecule has 1 N–H and O–H groups in total. The van der Waals surface area contributed by atoms with Gasteiger partial charge in [0.15, 0.2) is 0 Å². The summed E-state index contributed by atoms with van der Waals surface area (Å²) >= 11 is 0. The van der Waals surface area contributed by atoms with Gasteiger partial charge in [0.2, 0.25) is 0 Å². The first-order valence-electron chi connectivity index (χ1n) is 4.71. The molecule has 0 amide bonds. The molecule has 0 atom stereocenters. The third-order valence-corrected chi connectivity index (χ3v) is 1.89. The van der Waals surface area contributed by atoms with E-state index in [4.69, 9.17) is 6.42 Å². The van der Waals surface area contributed by atoms with Crippen molar-refractivity contribution in [1.29, 1.82) is 0 Å². The van der Waals surface area contributed by atoms with Crippen LogP contribution in [0.3, 0.4) is 0 Å². The monoisotopic (exact) mass is 191 g/mol. The van der Waals surface area contributed by atoms with Gasteiger partial charge in [0, 0.05) is 13.0 Å². The highest BCUT2D eigenvalue weighted by Crippen LogP contribution is 2.02. The Balaban J connectivity index is 2.22. The van der Waals surface area contributed by atoms with Crippen LogP contribution in [-0.2, 0) is 6.54 Å². The second-order valence-electron chi connectivity index (χ2n) is 3.11. The Bertz CT molecular complexity index is 314. The van der Waals surface area contributed by atoms with Crippen molar-refractivity contribution in [2.45, 2.75) is 19.4 Å². The summed E-state index contributed by atoms with van der Waals surface area (Å²) in [6.07, 6.45) is 6.87. The molecule has 0 radical (unpaired) electrons. The maximum atomic E-state index is 12.7. The summed E-state index contributed by atoms with van der Waals surface area (Å²) in [5.41, 5.74) is 0.964. The smallest absolute Gasteiger partial charge is 0.123 e. The third kappa shape index (κ3) is 4.06. The molecule has 0 unspecified atom stereocenters. The number of hydrogen-bond acceptors (Lipinski definition) is 1. The van der Waals surface area contributed by atoms with E-state index in [9.17, 15) is 4.39 Å². The van der Waals surface area contributed by atoms with Crippen LogP contribution >= 0.6 is 0 Å². The normalized spacial score (nSPS) is 9.71. The van der Waals surface area contributed by atoms with Gasteiger partial charge in [-0.1, -0.05) is 12.1 Å². The summed E-state index contributed by atoms with van der Waals surface area (Å²) < 4.78 is 12.7. The quantitative estimate of drug-likeness (QED) is 0.556. The summed E-state index contributed by atoms with van der Waals surface area (Å²) in [7, 11) is 0. The number of nitrogens with one attached hydrogen (secondary N) is 1. The van der Waals surface area contributed by atoms with Gasteiger partial charge in [-0.25, -0.2) is 4.39 Å². The zero-order chi connectivity index (χ0) is 10.2. The van der Waals surface area contributed by atoms with Crippen LogP contribution in [0.2, 0.25) is 0 Å². The van der Waals surface area contributed by atoms with E-state index in [-0.39, 0.29) is 5.82 Å². The van der Waals surface area contributed by atoms with Crippen LogP contribution in [0.1, 0.15) is 18.4 Å². The molecule has 0 saturated carbocycles. The van der Waals surface area contributed by atoms with Crippen LogP contribution in [-0.4, -0.2) is 6.54 Å².